The minimum atomic E-state index is -0.107. The molecule has 7 heteroatoms. The summed E-state index contributed by atoms with van der Waals surface area (Å²) in [4.78, 5) is 18.1. The van der Waals surface area contributed by atoms with Crippen LogP contribution in [0.4, 0.5) is 0 Å². The van der Waals surface area contributed by atoms with Gasteiger partial charge in [-0.3, -0.25) is 4.79 Å². The molecule has 0 unspecified atom stereocenters. The lowest BCUT2D eigenvalue weighted by atomic mass is 10.3. The van der Waals surface area contributed by atoms with Crippen LogP contribution in [-0.4, -0.2) is 47.7 Å². The molecule has 0 aliphatic rings. The number of aryl methyl sites for hydroxylation is 1. The molecule has 0 saturated heterocycles. The maximum Gasteiger partial charge on any atom is 0.289 e. The number of nitrogens with zero attached hydrogens (tertiary/aromatic N) is 3. The number of methoxy groups -OCH3 is 1. The van der Waals surface area contributed by atoms with E-state index in [0.717, 1.165) is 17.3 Å². The second-order valence-corrected chi connectivity index (χ2v) is 5.89. The summed E-state index contributed by atoms with van der Waals surface area (Å²) < 4.78 is 12.6. The highest BCUT2D eigenvalue weighted by Crippen LogP contribution is 2.22. The van der Waals surface area contributed by atoms with Crippen molar-refractivity contribution in [3.8, 4) is 0 Å². The monoisotopic (exact) mass is 323 g/mol. The Bertz CT molecular complexity index is 609. The third-order valence-corrected chi connectivity index (χ3v) is 4.26. The molecule has 0 spiro atoms. The Morgan fingerprint density at radius 2 is 2.32 bits per heavy atom. The van der Waals surface area contributed by atoms with Gasteiger partial charge in [0.05, 0.1) is 5.75 Å². The molecule has 0 radical (unpaired) electrons. The van der Waals surface area contributed by atoms with Crippen molar-refractivity contribution in [2.75, 3.05) is 27.3 Å². The van der Waals surface area contributed by atoms with Crippen LogP contribution in [0.1, 0.15) is 22.7 Å². The Labute approximate surface area is 134 Å². The fraction of sp³-hybridized carbons (Fsp3) is 0.467. The molecule has 1 amide bonds. The van der Waals surface area contributed by atoms with E-state index < -0.39 is 0 Å². The van der Waals surface area contributed by atoms with Gasteiger partial charge in [-0.15, -0.1) is 0 Å². The number of thioether (sulfide) groups is 1. The smallest absolute Gasteiger partial charge is 0.289 e. The number of rotatable bonds is 8. The minimum Gasteiger partial charge on any atom is -0.455 e. The van der Waals surface area contributed by atoms with Gasteiger partial charge in [-0.1, -0.05) is 11.8 Å². The summed E-state index contributed by atoms with van der Waals surface area (Å²) in [7, 11) is 5.37. The summed E-state index contributed by atoms with van der Waals surface area (Å²) in [5.41, 5.74) is 0. The van der Waals surface area contributed by atoms with E-state index in [9.17, 15) is 4.79 Å². The molecule has 0 aromatic carbocycles. The number of carbonyl (C=O) groups is 1. The van der Waals surface area contributed by atoms with Crippen molar-refractivity contribution in [3.05, 3.63) is 36.0 Å². The lowest BCUT2D eigenvalue weighted by Gasteiger charge is -2.15. The highest BCUT2D eigenvalue weighted by molar-refractivity contribution is 7.98. The van der Waals surface area contributed by atoms with Gasteiger partial charge in [-0.2, -0.15) is 0 Å². The predicted molar refractivity (Wildman–Crippen MR) is 84.9 cm³/mol. The van der Waals surface area contributed by atoms with Crippen LogP contribution < -0.4 is 0 Å². The molecule has 120 valence electrons. The van der Waals surface area contributed by atoms with E-state index >= 15 is 0 Å². The zero-order chi connectivity index (χ0) is 15.9. The molecule has 0 saturated carbocycles. The van der Waals surface area contributed by atoms with E-state index in [1.165, 1.54) is 0 Å². The van der Waals surface area contributed by atoms with Crippen molar-refractivity contribution >= 4 is 17.7 Å². The van der Waals surface area contributed by atoms with Crippen molar-refractivity contribution in [1.82, 2.24) is 14.5 Å². The summed E-state index contributed by atoms with van der Waals surface area (Å²) in [5, 5.41) is 0.918. The van der Waals surface area contributed by atoms with Crippen LogP contribution in [-0.2, 0) is 17.5 Å². The first-order valence-electron chi connectivity index (χ1n) is 7.05. The number of amides is 1. The number of aromatic nitrogens is 2. The molecule has 0 aliphatic heterocycles. The van der Waals surface area contributed by atoms with E-state index in [1.807, 2.05) is 23.9 Å². The highest BCUT2D eigenvalue weighted by Gasteiger charge is 2.16. The predicted octanol–water partition coefficient (Wildman–Crippen LogP) is 2.41. The Hall–Kier alpha value is -1.73. The third kappa shape index (κ3) is 4.38. The number of imidazole rings is 1. The summed E-state index contributed by atoms with van der Waals surface area (Å²) in [6.07, 6.45) is 4.46. The van der Waals surface area contributed by atoms with Gasteiger partial charge in [0.15, 0.2) is 10.9 Å². The molecule has 0 aliphatic carbocycles. The van der Waals surface area contributed by atoms with E-state index in [4.69, 9.17) is 9.15 Å². The average Bonchev–Trinajstić information content (AvgIpc) is 3.13. The number of hydrogen-bond acceptors (Lipinski definition) is 5. The largest absolute Gasteiger partial charge is 0.455 e. The zero-order valence-electron chi connectivity index (χ0n) is 13.1. The van der Waals surface area contributed by atoms with E-state index in [-0.39, 0.29) is 5.91 Å². The van der Waals surface area contributed by atoms with Crippen LogP contribution in [0.15, 0.2) is 34.1 Å². The topological polar surface area (TPSA) is 60.5 Å². The van der Waals surface area contributed by atoms with Gasteiger partial charge in [0.2, 0.25) is 0 Å². The maximum absolute atomic E-state index is 12.2. The molecule has 0 bridgehead atoms. The molecule has 0 fully saturated rings. The number of hydrogen-bond donors (Lipinski definition) is 0. The van der Waals surface area contributed by atoms with Crippen molar-refractivity contribution < 1.29 is 13.9 Å². The van der Waals surface area contributed by atoms with E-state index in [1.54, 1.807) is 43.1 Å². The second kappa shape index (κ2) is 8.05. The van der Waals surface area contributed by atoms with Crippen molar-refractivity contribution in [1.29, 1.82) is 0 Å². The van der Waals surface area contributed by atoms with Crippen LogP contribution in [0.5, 0.6) is 0 Å². The normalized spacial score (nSPS) is 10.9. The summed E-state index contributed by atoms with van der Waals surface area (Å²) in [5.74, 6) is 1.67. The fourth-order valence-electron chi connectivity index (χ4n) is 1.93. The number of carbonyl (C=O) groups excluding carboxylic acids is 1. The van der Waals surface area contributed by atoms with Gasteiger partial charge in [0.25, 0.3) is 5.91 Å². The van der Waals surface area contributed by atoms with Gasteiger partial charge in [-0.05, 0) is 18.6 Å². The number of ether oxygens (including phenoxy) is 1. The number of furan rings is 1. The Morgan fingerprint density at radius 3 is 3.00 bits per heavy atom. The Kier molecular flexibility index (Phi) is 6.09. The molecule has 2 heterocycles. The zero-order valence-corrected chi connectivity index (χ0v) is 13.9. The maximum atomic E-state index is 12.2. The molecule has 22 heavy (non-hydrogen) atoms. The van der Waals surface area contributed by atoms with Crippen molar-refractivity contribution in [2.24, 2.45) is 7.05 Å². The van der Waals surface area contributed by atoms with Crippen LogP contribution in [0.25, 0.3) is 0 Å². The fourth-order valence-corrected chi connectivity index (χ4v) is 2.76. The Morgan fingerprint density at radius 1 is 1.50 bits per heavy atom. The van der Waals surface area contributed by atoms with Crippen molar-refractivity contribution in [2.45, 2.75) is 17.3 Å². The van der Waals surface area contributed by atoms with E-state index in [2.05, 4.69) is 4.98 Å². The van der Waals surface area contributed by atoms with Crippen LogP contribution in [0.2, 0.25) is 0 Å². The van der Waals surface area contributed by atoms with Crippen LogP contribution in [0.3, 0.4) is 0 Å². The van der Waals surface area contributed by atoms with Crippen LogP contribution in [0, 0.1) is 0 Å². The first-order valence-corrected chi connectivity index (χ1v) is 8.03. The van der Waals surface area contributed by atoms with Gasteiger partial charge >= 0.3 is 0 Å². The standard InChI is InChI=1S/C15H21N3O3S/c1-17(8-4-10-20-3)14(19)13-6-5-12(21-13)11-22-15-16-7-9-18(15)2/h5-7,9H,4,8,10-11H2,1-3H3. The summed E-state index contributed by atoms with van der Waals surface area (Å²) >= 11 is 1.57. The molecule has 2 aromatic rings. The first-order chi connectivity index (χ1) is 10.6. The second-order valence-electron chi connectivity index (χ2n) is 4.95. The SMILES string of the molecule is COCCCN(C)C(=O)c1ccc(CSc2nccn2C)o1. The third-order valence-electron chi connectivity index (χ3n) is 3.18. The summed E-state index contributed by atoms with van der Waals surface area (Å²) in [6, 6.07) is 3.57. The van der Waals surface area contributed by atoms with Crippen molar-refractivity contribution in [3.63, 3.8) is 0 Å². The highest BCUT2D eigenvalue weighted by atomic mass is 32.2. The van der Waals surface area contributed by atoms with Crippen LogP contribution >= 0.6 is 11.8 Å². The average molecular weight is 323 g/mol. The van der Waals surface area contributed by atoms with Gasteiger partial charge in [0.1, 0.15) is 5.76 Å². The molecular formula is C15H21N3O3S. The molecule has 2 aromatic heterocycles. The van der Waals surface area contributed by atoms with Gasteiger partial charge < -0.3 is 18.6 Å². The van der Waals surface area contributed by atoms with E-state index in [0.29, 0.717) is 24.7 Å². The quantitative estimate of drug-likeness (QED) is 0.551. The van der Waals surface area contributed by atoms with Gasteiger partial charge in [-0.25, -0.2) is 4.98 Å². The molecule has 6 nitrogen and oxygen atoms in total. The summed E-state index contributed by atoms with van der Waals surface area (Å²) in [6.45, 7) is 1.28. The van der Waals surface area contributed by atoms with Gasteiger partial charge in [0, 0.05) is 46.8 Å². The lowest BCUT2D eigenvalue weighted by Crippen LogP contribution is -2.28. The molecule has 0 N–H and O–H groups in total. The lowest BCUT2D eigenvalue weighted by molar-refractivity contribution is 0.0746. The molecule has 0 atom stereocenters. The minimum absolute atomic E-state index is 0.107. The Balaban J connectivity index is 1.87. The molecule has 2 rings (SSSR count). The molecular weight excluding hydrogens is 302 g/mol. The first kappa shape index (κ1) is 16.6.